The molecule has 3 aromatic carbocycles. The zero-order valence-corrected chi connectivity index (χ0v) is 12.8. The monoisotopic (exact) mass is 311 g/mol. The molecule has 0 aliphatic rings. The molecule has 0 spiro atoms. The van der Waals surface area contributed by atoms with Crippen molar-refractivity contribution < 1.29 is 0 Å². The minimum atomic E-state index is 0.782. The van der Waals surface area contributed by atoms with E-state index in [2.05, 4.69) is 4.84 Å². The summed E-state index contributed by atoms with van der Waals surface area (Å²) >= 11 is 5.28. The van der Waals surface area contributed by atoms with Crippen molar-refractivity contribution in [1.29, 1.82) is 0 Å². The Morgan fingerprint density at radius 1 is 0.591 bits per heavy atom. The van der Waals surface area contributed by atoms with E-state index in [9.17, 15) is 0 Å². The molecular weight excluding hydrogens is 294 g/mol. The fourth-order valence-electron chi connectivity index (χ4n) is 1.85. The number of benzene rings is 3. The van der Waals surface area contributed by atoms with E-state index < -0.39 is 0 Å². The van der Waals surface area contributed by atoms with E-state index in [4.69, 9.17) is 23.2 Å². The Morgan fingerprint density at radius 2 is 1.00 bits per heavy atom. The van der Waals surface area contributed by atoms with E-state index in [1.165, 1.54) is 0 Å². The van der Waals surface area contributed by atoms with Crippen LogP contribution in [-0.4, -0.2) is 0 Å². The van der Waals surface area contributed by atoms with Crippen molar-refractivity contribution in [1.82, 2.24) is 0 Å². The number of anilines is 3. The summed E-state index contributed by atoms with van der Waals surface area (Å²) in [6.07, 6.45) is 0. The third-order valence-electron chi connectivity index (χ3n) is 3.04. The van der Waals surface area contributed by atoms with E-state index >= 15 is 0 Å². The molecule has 0 aliphatic heterocycles. The quantitative estimate of drug-likeness (QED) is 0.472. The number of nitrogen functional groups attached to an aromatic ring is 2. The molecule has 112 valence electrons. The van der Waals surface area contributed by atoms with Crippen molar-refractivity contribution in [3.05, 3.63) is 78.9 Å². The van der Waals surface area contributed by atoms with Crippen LogP contribution in [0.3, 0.4) is 0 Å². The number of para-hydroxylation sites is 1. The van der Waals surface area contributed by atoms with Gasteiger partial charge < -0.3 is 11.5 Å². The molecule has 4 heteroatoms. The molecule has 0 unspecified atom stereocenters. The number of nitrogens with one attached hydrogen (secondary N) is 1. The number of hydrogen-bond donors (Lipinski definition) is 3. The number of rotatable bonds is 2. The molecule has 0 aliphatic carbocycles. The average molecular weight is 312 g/mol. The first kappa shape index (κ1) is 15.7. The highest BCUT2D eigenvalue weighted by atomic mass is 35.5. The molecule has 0 aromatic heterocycles. The fourth-order valence-corrected chi connectivity index (χ4v) is 1.98. The normalized spacial score (nSPS) is 9.50. The minimum Gasteiger partial charge on any atom is -0.399 e. The average Bonchev–Trinajstić information content (AvgIpc) is 2.58. The van der Waals surface area contributed by atoms with Crippen molar-refractivity contribution in [2.45, 2.75) is 0 Å². The number of hydrogen-bond acceptors (Lipinski definition) is 3. The summed E-state index contributed by atoms with van der Waals surface area (Å²) in [4.78, 5) is 2.50. The van der Waals surface area contributed by atoms with Crippen LogP contribution in [0.4, 0.5) is 17.1 Å². The van der Waals surface area contributed by atoms with Crippen LogP contribution in [0, 0.1) is 0 Å². The second-order valence-electron chi connectivity index (χ2n) is 4.70. The first-order chi connectivity index (χ1) is 10.7. The van der Waals surface area contributed by atoms with E-state index in [1.54, 1.807) is 0 Å². The van der Waals surface area contributed by atoms with E-state index in [0.29, 0.717) is 0 Å². The largest absolute Gasteiger partial charge is 0.399 e. The molecule has 3 nitrogen and oxygen atoms in total. The summed E-state index contributed by atoms with van der Waals surface area (Å²) in [5, 5.41) is 0. The third kappa shape index (κ3) is 4.72. The van der Waals surface area contributed by atoms with Crippen LogP contribution < -0.4 is 16.3 Å². The summed E-state index contributed by atoms with van der Waals surface area (Å²) in [6, 6.07) is 25.2. The topological polar surface area (TPSA) is 64.1 Å². The Balaban J connectivity index is 0.000000188. The van der Waals surface area contributed by atoms with Crippen LogP contribution >= 0.6 is 11.8 Å². The van der Waals surface area contributed by atoms with Gasteiger partial charge in [-0.05, 0) is 47.5 Å². The van der Waals surface area contributed by atoms with Crippen LogP contribution in [-0.2, 0) is 0 Å². The van der Waals surface area contributed by atoms with Gasteiger partial charge in [0, 0.05) is 28.8 Å². The fraction of sp³-hybridized carbons (Fsp3) is 0. The molecule has 0 amide bonds. The smallest absolute Gasteiger partial charge is 0.0491 e. The molecular formula is C18H18ClN3. The van der Waals surface area contributed by atoms with Crippen molar-refractivity contribution >= 4 is 28.8 Å². The predicted molar refractivity (Wildman–Crippen MR) is 96.6 cm³/mol. The maximum atomic E-state index is 5.61. The van der Waals surface area contributed by atoms with Crippen LogP contribution in [0.2, 0.25) is 0 Å². The molecule has 0 saturated heterocycles. The Labute approximate surface area is 135 Å². The summed E-state index contributed by atoms with van der Waals surface area (Å²) in [5.74, 6) is 0. The van der Waals surface area contributed by atoms with Crippen LogP contribution in [0.1, 0.15) is 0 Å². The Bertz CT molecular complexity index is 636. The number of halogens is 1. The molecule has 0 heterocycles. The maximum absolute atomic E-state index is 5.61. The van der Waals surface area contributed by atoms with E-state index in [0.717, 1.165) is 28.2 Å². The summed E-state index contributed by atoms with van der Waals surface area (Å²) in [6.45, 7) is 0. The Morgan fingerprint density at radius 3 is 1.32 bits per heavy atom. The zero-order chi connectivity index (χ0) is 15.8. The van der Waals surface area contributed by atoms with Gasteiger partial charge in [0.15, 0.2) is 0 Å². The van der Waals surface area contributed by atoms with Crippen LogP contribution in [0.5, 0.6) is 0 Å². The van der Waals surface area contributed by atoms with Crippen molar-refractivity contribution in [3.63, 3.8) is 0 Å². The van der Waals surface area contributed by atoms with Gasteiger partial charge in [0.1, 0.15) is 0 Å². The summed E-state index contributed by atoms with van der Waals surface area (Å²) < 4.78 is 0. The standard InChI is InChI=1S/C12H12N2.C6H6ClN/c13-11-5-1-9(2-6-11)10-3-7-12(14)8-4-10;7-8-6-4-2-1-3-5-6/h1-8H,13-14H2;1-5,8H. The molecule has 0 bridgehead atoms. The van der Waals surface area contributed by atoms with Crippen molar-refractivity contribution in [3.8, 4) is 11.1 Å². The van der Waals surface area contributed by atoms with Crippen LogP contribution in [0.15, 0.2) is 78.9 Å². The highest BCUT2D eigenvalue weighted by Gasteiger charge is 1.95. The second-order valence-corrected chi connectivity index (χ2v) is 4.89. The highest BCUT2D eigenvalue weighted by molar-refractivity contribution is 6.23. The molecule has 5 N–H and O–H groups in total. The van der Waals surface area contributed by atoms with E-state index in [1.807, 2.05) is 78.9 Å². The predicted octanol–water partition coefficient (Wildman–Crippen LogP) is 4.77. The summed E-state index contributed by atoms with van der Waals surface area (Å²) in [5.41, 5.74) is 16.0. The molecule has 0 atom stereocenters. The van der Waals surface area contributed by atoms with Gasteiger partial charge in [-0.2, -0.15) is 0 Å². The lowest BCUT2D eigenvalue weighted by Gasteiger charge is -2.02. The molecule has 0 fully saturated rings. The summed E-state index contributed by atoms with van der Waals surface area (Å²) in [7, 11) is 0. The first-order valence-corrected chi connectivity index (χ1v) is 7.20. The molecule has 0 saturated carbocycles. The SMILES string of the molecule is ClNc1ccccc1.Nc1ccc(-c2ccc(N)cc2)cc1. The second kappa shape index (κ2) is 7.96. The van der Waals surface area contributed by atoms with Gasteiger partial charge in [0.05, 0.1) is 0 Å². The van der Waals surface area contributed by atoms with Gasteiger partial charge in [-0.15, -0.1) is 0 Å². The maximum Gasteiger partial charge on any atom is 0.0491 e. The van der Waals surface area contributed by atoms with Gasteiger partial charge >= 0.3 is 0 Å². The van der Waals surface area contributed by atoms with Gasteiger partial charge in [-0.1, -0.05) is 42.5 Å². The van der Waals surface area contributed by atoms with Gasteiger partial charge in [0.25, 0.3) is 0 Å². The van der Waals surface area contributed by atoms with Gasteiger partial charge in [-0.25, -0.2) is 0 Å². The lowest BCUT2D eigenvalue weighted by Crippen LogP contribution is -1.85. The zero-order valence-electron chi connectivity index (χ0n) is 12.0. The molecule has 0 radical (unpaired) electrons. The van der Waals surface area contributed by atoms with Crippen LogP contribution in [0.25, 0.3) is 11.1 Å². The molecule has 22 heavy (non-hydrogen) atoms. The Kier molecular flexibility index (Phi) is 5.69. The first-order valence-electron chi connectivity index (χ1n) is 6.82. The van der Waals surface area contributed by atoms with Crippen molar-refractivity contribution in [2.75, 3.05) is 16.3 Å². The number of nitrogens with two attached hydrogens (primary N) is 2. The lowest BCUT2D eigenvalue weighted by molar-refractivity contribution is 1.61. The highest BCUT2D eigenvalue weighted by Crippen LogP contribution is 2.21. The Hall–Kier alpha value is -2.65. The minimum absolute atomic E-state index is 0.782. The van der Waals surface area contributed by atoms with Gasteiger partial charge in [0.2, 0.25) is 0 Å². The third-order valence-corrected chi connectivity index (χ3v) is 3.26. The molecule has 3 rings (SSSR count). The van der Waals surface area contributed by atoms with E-state index in [-0.39, 0.29) is 0 Å². The van der Waals surface area contributed by atoms with Crippen molar-refractivity contribution in [2.24, 2.45) is 0 Å². The lowest BCUT2D eigenvalue weighted by atomic mass is 10.1. The van der Waals surface area contributed by atoms with Gasteiger partial charge in [-0.3, -0.25) is 4.84 Å². The molecule has 3 aromatic rings.